The van der Waals surface area contributed by atoms with Gasteiger partial charge in [0.25, 0.3) is 5.91 Å². The third kappa shape index (κ3) is 7.07. The van der Waals surface area contributed by atoms with E-state index in [-0.39, 0.29) is 17.6 Å². The number of amides is 2. The molecule has 3 rings (SSSR count). The Labute approximate surface area is 204 Å². The van der Waals surface area contributed by atoms with Crippen LogP contribution < -0.4 is 10.1 Å². The monoisotopic (exact) mass is 484 g/mol. The predicted molar refractivity (Wildman–Crippen MR) is 137 cm³/mol. The maximum atomic E-state index is 12.8. The summed E-state index contributed by atoms with van der Waals surface area (Å²) in [5, 5.41) is 12.8. The number of nitrogens with one attached hydrogen (secondary N) is 1. The normalized spacial score (nSPS) is 14.7. The van der Waals surface area contributed by atoms with Crippen LogP contribution in [-0.4, -0.2) is 39.3 Å². The third-order valence-corrected chi connectivity index (χ3v) is 6.42. The van der Waals surface area contributed by atoms with E-state index in [9.17, 15) is 14.7 Å². The fourth-order valence-corrected chi connectivity index (χ4v) is 4.72. The van der Waals surface area contributed by atoms with E-state index in [4.69, 9.17) is 17.0 Å². The highest BCUT2D eigenvalue weighted by Gasteiger charge is 2.31. The lowest BCUT2D eigenvalue weighted by molar-refractivity contribution is -0.122. The molecule has 0 aromatic heterocycles. The summed E-state index contributed by atoms with van der Waals surface area (Å²) in [5.41, 5.74) is 2.67. The average molecular weight is 485 g/mol. The fraction of sp³-hybridized carbons (Fsp3) is 0.320. The standard InChI is InChI=1S/C25H28N2O4S2/c1-3-31-21-15-18(11-12-20(21)28)16-22-24(30)27(25(32)33-22)13-6-4-5-10-23(29)26-19-9-7-8-17(2)14-19/h7-9,11-12,14-16,28H,3-6,10,13H2,1-2H3,(H,26,29)/b22-16-. The summed E-state index contributed by atoms with van der Waals surface area (Å²) in [6.07, 6.45) is 4.54. The Balaban J connectivity index is 1.46. The highest BCUT2D eigenvalue weighted by Crippen LogP contribution is 2.34. The van der Waals surface area contributed by atoms with Crippen LogP contribution in [0.25, 0.3) is 6.08 Å². The van der Waals surface area contributed by atoms with Crippen molar-refractivity contribution in [2.24, 2.45) is 0 Å². The van der Waals surface area contributed by atoms with E-state index in [2.05, 4.69) is 5.32 Å². The Morgan fingerprint density at radius 1 is 1.21 bits per heavy atom. The molecule has 6 nitrogen and oxygen atoms in total. The van der Waals surface area contributed by atoms with Crippen LogP contribution in [0.5, 0.6) is 11.5 Å². The highest BCUT2D eigenvalue weighted by molar-refractivity contribution is 8.26. The van der Waals surface area contributed by atoms with Crippen molar-refractivity contribution in [3.63, 3.8) is 0 Å². The van der Waals surface area contributed by atoms with E-state index in [1.54, 1.807) is 29.2 Å². The molecular formula is C25H28N2O4S2. The minimum atomic E-state index is -0.117. The summed E-state index contributed by atoms with van der Waals surface area (Å²) in [6.45, 7) is 4.79. The molecule has 1 aliphatic rings. The SMILES string of the molecule is CCOc1cc(/C=C2\SC(=S)N(CCCCCC(=O)Nc3cccc(C)c3)C2=O)ccc1O. The first-order valence-electron chi connectivity index (χ1n) is 10.9. The van der Waals surface area contributed by atoms with E-state index < -0.39 is 0 Å². The maximum Gasteiger partial charge on any atom is 0.266 e. The van der Waals surface area contributed by atoms with Crippen LogP contribution >= 0.6 is 24.0 Å². The van der Waals surface area contributed by atoms with Crippen molar-refractivity contribution in [3.05, 3.63) is 58.5 Å². The van der Waals surface area contributed by atoms with Gasteiger partial charge in [0.15, 0.2) is 11.5 Å². The van der Waals surface area contributed by atoms with Gasteiger partial charge in [-0.05, 0) is 68.2 Å². The topological polar surface area (TPSA) is 78.9 Å². The molecule has 2 aromatic carbocycles. The number of nitrogens with zero attached hydrogens (tertiary/aromatic N) is 1. The number of hydrogen-bond acceptors (Lipinski definition) is 6. The van der Waals surface area contributed by atoms with Crippen molar-refractivity contribution in [2.75, 3.05) is 18.5 Å². The zero-order valence-electron chi connectivity index (χ0n) is 18.8. The molecule has 1 heterocycles. The average Bonchev–Trinajstić information content (AvgIpc) is 3.03. The number of thioether (sulfide) groups is 1. The molecule has 0 spiro atoms. The van der Waals surface area contributed by atoms with Crippen molar-refractivity contribution in [1.82, 2.24) is 4.90 Å². The molecule has 0 saturated carbocycles. The van der Waals surface area contributed by atoms with Crippen LogP contribution in [0.1, 0.15) is 43.7 Å². The molecule has 1 saturated heterocycles. The van der Waals surface area contributed by atoms with Gasteiger partial charge >= 0.3 is 0 Å². The smallest absolute Gasteiger partial charge is 0.266 e. The van der Waals surface area contributed by atoms with E-state index in [0.29, 0.717) is 34.5 Å². The molecule has 2 aromatic rings. The first-order chi connectivity index (χ1) is 15.9. The number of aromatic hydroxyl groups is 1. The number of carbonyl (C=O) groups is 2. The quantitative estimate of drug-likeness (QED) is 0.263. The lowest BCUT2D eigenvalue weighted by atomic mass is 10.1. The molecule has 0 radical (unpaired) electrons. The molecule has 1 fully saturated rings. The van der Waals surface area contributed by atoms with Gasteiger partial charge in [-0.25, -0.2) is 0 Å². The molecule has 0 atom stereocenters. The predicted octanol–water partition coefficient (Wildman–Crippen LogP) is 5.50. The second kappa shape index (κ2) is 11.9. The second-order valence-corrected chi connectivity index (χ2v) is 9.40. The summed E-state index contributed by atoms with van der Waals surface area (Å²) in [5.74, 6) is 0.324. The Morgan fingerprint density at radius 3 is 2.79 bits per heavy atom. The number of thiocarbonyl (C=S) groups is 1. The summed E-state index contributed by atoms with van der Waals surface area (Å²) in [6, 6.07) is 12.7. The van der Waals surface area contributed by atoms with Gasteiger partial charge < -0.3 is 15.2 Å². The molecule has 33 heavy (non-hydrogen) atoms. The molecule has 174 valence electrons. The lowest BCUT2D eigenvalue weighted by Crippen LogP contribution is -2.29. The number of rotatable bonds is 10. The maximum absolute atomic E-state index is 12.8. The van der Waals surface area contributed by atoms with Gasteiger partial charge in [0, 0.05) is 18.7 Å². The number of phenolic OH excluding ortho intramolecular Hbond substituents is 1. The van der Waals surface area contributed by atoms with Crippen LogP contribution in [0.4, 0.5) is 5.69 Å². The highest BCUT2D eigenvalue weighted by atomic mass is 32.2. The number of anilines is 1. The first-order valence-corrected chi connectivity index (χ1v) is 12.2. The molecule has 2 amide bonds. The number of phenols is 1. The zero-order chi connectivity index (χ0) is 23.8. The molecule has 0 aliphatic carbocycles. The zero-order valence-corrected chi connectivity index (χ0v) is 20.4. The van der Waals surface area contributed by atoms with Gasteiger partial charge in [0.05, 0.1) is 11.5 Å². The van der Waals surface area contributed by atoms with Gasteiger partial charge in [0.1, 0.15) is 4.32 Å². The van der Waals surface area contributed by atoms with Crippen molar-refractivity contribution in [3.8, 4) is 11.5 Å². The molecule has 8 heteroatoms. The molecule has 1 aliphatic heterocycles. The third-order valence-electron chi connectivity index (χ3n) is 5.04. The fourth-order valence-electron chi connectivity index (χ4n) is 3.41. The van der Waals surface area contributed by atoms with E-state index in [0.717, 1.165) is 36.1 Å². The van der Waals surface area contributed by atoms with E-state index in [1.165, 1.54) is 11.8 Å². The van der Waals surface area contributed by atoms with Gasteiger partial charge in [-0.1, -0.05) is 48.6 Å². The van der Waals surface area contributed by atoms with E-state index in [1.807, 2.05) is 38.1 Å². The minimum Gasteiger partial charge on any atom is -0.504 e. The van der Waals surface area contributed by atoms with Crippen molar-refractivity contribution in [2.45, 2.75) is 39.5 Å². The van der Waals surface area contributed by atoms with E-state index >= 15 is 0 Å². The molecule has 0 bridgehead atoms. The number of hydrogen-bond donors (Lipinski definition) is 2. The van der Waals surface area contributed by atoms with Gasteiger partial charge in [0.2, 0.25) is 5.91 Å². The van der Waals surface area contributed by atoms with Crippen LogP contribution in [0, 0.1) is 6.92 Å². The van der Waals surface area contributed by atoms with Crippen LogP contribution in [0.3, 0.4) is 0 Å². The number of carbonyl (C=O) groups excluding carboxylic acids is 2. The molecular weight excluding hydrogens is 456 g/mol. The molecule has 0 unspecified atom stereocenters. The van der Waals surface area contributed by atoms with Crippen molar-refractivity contribution < 1.29 is 19.4 Å². The summed E-state index contributed by atoms with van der Waals surface area (Å²) >= 11 is 6.67. The second-order valence-electron chi connectivity index (χ2n) is 7.72. The number of ether oxygens (including phenoxy) is 1. The Kier molecular flexibility index (Phi) is 8.91. The van der Waals surface area contributed by atoms with Gasteiger partial charge in [-0.15, -0.1) is 0 Å². The van der Waals surface area contributed by atoms with Gasteiger partial charge in [-0.3, -0.25) is 14.5 Å². The van der Waals surface area contributed by atoms with Crippen LogP contribution in [0.15, 0.2) is 47.4 Å². The Morgan fingerprint density at radius 2 is 2.03 bits per heavy atom. The number of unbranched alkanes of at least 4 members (excludes halogenated alkanes) is 2. The van der Waals surface area contributed by atoms with Crippen molar-refractivity contribution in [1.29, 1.82) is 0 Å². The Bertz CT molecular complexity index is 1070. The Hall–Kier alpha value is -2.84. The summed E-state index contributed by atoms with van der Waals surface area (Å²) in [4.78, 5) is 27.1. The number of benzene rings is 2. The summed E-state index contributed by atoms with van der Waals surface area (Å²) < 4.78 is 5.94. The van der Waals surface area contributed by atoms with Crippen molar-refractivity contribution >= 4 is 51.9 Å². The lowest BCUT2D eigenvalue weighted by Gasteiger charge is -2.14. The first kappa shape index (κ1) is 24.8. The van der Waals surface area contributed by atoms with Gasteiger partial charge in [-0.2, -0.15) is 0 Å². The van der Waals surface area contributed by atoms with Crippen LogP contribution in [-0.2, 0) is 9.59 Å². The number of aryl methyl sites for hydroxylation is 1. The largest absolute Gasteiger partial charge is 0.504 e. The summed E-state index contributed by atoms with van der Waals surface area (Å²) in [7, 11) is 0. The molecule has 2 N–H and O–H groups in total. The van der Waals surface area contributed by atoms with Crippen LogP contribution in [0.2, 0.25) is 0 Å². The minimum absolute atomic E-state index is 0.00513.